The first-order valence-electron chi connectivity index (χ1n) is 8.46. The average Bonchev–Trinajstić information content (AvgIpc) is 3.37. The van der Waals surface area contributed by atoms with Crippen LogP contribution < -0.4 is 14.2 Å². The van der Waals surface area contributed by atoms with Gasteiger partial charge in [-0.1, -0.05) is 0 Å². The van der Waals surface area contributed by atoms with Crippen molar-refractivity contribution in [3.8, 4) is 28.6 Å². The fourth-order valence-electron chi connectivity index (χ4n) is 4.16. The standard InChI is InChI=1S/C18H20N2O4/c1-21-15-7-11(8-16-17(15)23-10-22-16)18-19-4-5-20(18)9-12-6-13-2-3-14(12)24-13/h4-5,7-8,12-14H,2-3,6,9-10H2,1H3/t12-,13-,14+/m0/s1. The van der Waals surface area contributed by atoms with E-state index in [1.54, 1.807) is 7.11 Å². The minimum atomic E-state index is 0.228. The van der Waals surface area contributed by atoms with Crippen molar-refractivity contribution < 1.29 is 18.9 Å². The Labute approximate surface area is 140 Å². The lowest BCUT2D eigenvalue weighted by molar-refractivity contribution is 0.0900. The summed E-state index contributed by atoms with van der Waals surface area (Å²) in [5.41, 5.74) is 0.977. The molecule has 0 N–H and O–H groups in total. The molecule has 1 aromatic carbocycles. The molecule has 24 heavy (non-hydrogen) atoms. The fraction of sp³-hybridized carbons (Fsp3) is 0.500. The molecule has 2 aromatic rings. The normalized spacial score (nSPS) is 27.0. The molecule has 3 aliphatic rings. The highest BCUT2D eigenvalue weighted by Gasteiger charge is 2.40. The van der Waals surface area contributed by atoms with Gasteiger partial charge < -0.3 is 23.5 Å². The maximum Gasteiger partial charge on any atom is 0.231 e. The quantitative estimate of drug-likeness (QED) is 0.864. The van der Waals surface area contributed by atoms with E-state index in [4.69, 9.17) is 18.9 Å². The van der Waals surface area contributed by atoms with E-state index in [0.29, 0.717) is 35.4 Å². The first kappa shape index (κ1) is 14.2. The zero-order chi connectivity index (χ0) is 16.1. The fourth-order valence-corrected chi connectivity index (χ4v) is 4.16. The lowest BCUT2D eigenvalue weighted by Crippen LogP contribution is -2.21. The molecule has 0 spiro atoms. The van der Waals surface area contributed by atoms with Crippen molar-refractivity contribution >= 4 is 0 Å². The first-order chi connectivity index (χ1) is 11.8. The van der Waals surface area contributed by atoms with Crippen LogP contribution in [0.3, 0.4) is 0 Å². The number of benzene rings is 1. The molecule has 3 aliphatic heterocycles. The zero-order valence-electron chi connectivity index (χ0n) is 13.6. The van der Waals surface area contributed by atoms with Crippen LogP contribution in [-0.4, -0.2) is 35.7 Å². The van der Waals surface area contributed by atoms with Gasteiger partial charge in [0.2, 0.25) is 12.5 Å². The van der Waals surface area contributed by atoms with Crippen molar-refractivity contribution in [2.24, 2.45) is 5.92 Å². The van der Waals surface area contributed by atoms with Gasteiger partial charge in [-0.15, -0.1) is 0 Å². The Morgan fingerprint density at radius 1 is 1.29 bits per heavy atom. The molecule has 4 heterocycles. The van der Waals surface area contributed by atoms with E-state index in [9.17, 15) is 0 Å². The third-order valence-corrected chi connectivity index (χ3v) is 5.30. The molecule has 126 valence electrons. The van der Waals surface area contributed by atoms with Crippen molar-refractivity contribution in [3.05, 3.63) is 24.5 Å². The number of ether oxygens (including phenoxy) is 4. The molecular formula is C18H20N2O4. The van der Waals surface area contributed by atoms with Crippen LogP contribution >= 0.6 is 0 Å². The van der Waals surface area contributed by atoms with E-state index in [2.05, 4.69) is 9.55 Å². The van der Waals surface area contributed by atoms with Crippen molar-refractivity contribution in [2.75, 3.05) is 13.9 Å². The van der Waals surface area contributed by atoms with E-state index in [1.807, 2.05) is 24.5 Å². The summed E-state index contributed by atoms with van der Waals surface area (Å²) in [7, 11) is 1.64. The summed E-state index contributed by atoms with van der Waals surface area (Å²) in [6, 6.07) is 3.94. The van der Waals surface area contributed by atoms with Gasteiger partial charge in [0.15, 0.2) is 11.5 Å². The maximum atomic E-state index is 5.99. The van der Waals surface area contributed by atoms with Crippen molar-refractivity contribution in [1.29, 1.82) is 0 Å². The van der Waals surface area contributed by atoms with Gasteiger partial charge in [-0.3, -0.25) is 0 Å². The van der Waals surface area contributed by atoms with Gasteiger partial charge in [-0.25, -0.2) is 4.98 Å². The van der Waals surface area contributed by atoms with E-state index in [1.165, 1.54) is 12.8 Å². The second kappa shape index (κ2) is 5.41. The predicted octanol–water partition coefficient (Wildman–Crippen LogP) is 2.85. The van der Waals surface area contributed by atoms with Crippen LogP contribution in [-0.2, 0) is 11.3 Å². The largest absolute Gasteiger partial charge is 0.493 e. The molecule has 5 rings (SSSR count). The molecule has 1 aromatic heterocycles. The number of nitrogens with zero attached hydrogens (tertiary/aromatic N) is 2. The minimum Gasteiger partial charge on any atom is -0.493 e. The number of hydrogen-bond donors (Lipinski definition) is 0. The molecule has 3 atom stereocenters. The Kier molecular flexibility index (Phi) is 3.19. The summed E-state index contributed by atoms with van der Waals surface area (Å²) in [6.45, 7) is 1.17. The monoisotopic (exact) mass is 328 g/mol. The Hall–Kier alpha value is -2.21. The minimum absolute atomic E-state index is 0.228. The van der Waals surface area contributed by atoms with Crippen molar-refractivity contribution in [2.45, 2.75) is 38.0 Å². The number of rotatable bonds is 4. The molecular weight excluding hydrogens is 308 g/mol. The van der Waals surface area contributed by atoms with E-state index >= 15 is 0 Å². The van der Waals surface area contributed by atoms with E-state index in [-0.39, 0.29) is 6.79 Å². The number of methoxy groups -OCH3 is 1. The van der Waals surface area contributed by atoms with Crippen LogP contribution in [0.25, 0.3) is 11.4 Å². The smallest absolute Gasteiger partial charge is 0.231 e. The lowest BCUT2D eigenvalue weighted by Gasteiger charge is -2.20. The van der Waals surface area contributed by atoms with Gasteiger partial charge in [0.25, 0.3) is 0 Å². The highest BCUT2D eigenvalue weighted by molar-refractivity contribution is 5.67. The first-order valence-corrected chi connectivity index (χ1v) is 8.46. The Morgan fingerprint density at radius 3 is 3.04 bits per heavy atom. The van der Waals surface area contributed by atoms with E-state index < -0.39 is 0 Å². The summed E-state index contributed by atoms with van der Waals surface area (Å²) >= 11 is 0. The molecule has 0 amide bonds. The summed E-state index contributed by atoms with van der Waals surface area (Å²) in [4.78, 5) is 4.56. The van der Waals surface area contributed by atoms with Crippen LogP contribution in [0.4, 0.5) is 0 Å². The third-order valence-electron chi connectivity index (χ3n) is 5.30. The SMILES string of the molecule is COc1cc(-c2nccn2C[C@@H]2C[C@@H]3CC[C@H]2O3)cc2c1OCO2. The van der Waals surface area contributed by atoms with Crippen LogP contribution in [0, 0.1) is 5.92 Å². The molecule has 0 unspecified atom stereocenters. The molecule has 0 radical (unpaired) electrons. The van der Waals surface area contributed by atoms with E-state index in [0.717, 1.165) is 24.4 Å². The second-order valence-corrected chi connectivity index (χ2v) is 6.69. The van der Waals surface area contributed by atoms with Crippen molar-refractivity contribution in [3.63, 3.8) is 0 Å². The number of hydrogen-bond acceptors (Lipinski definition) is 5. The van der Waals surface area contributed by atoms with Gasteiger partial charge in [0.05, 0.1) is 19.3 Å². The van der Waals surface area contributed by atoms with Crippen LogP contribution in [0.2, 0.25) is 0 Å². The second-order valence-electron chi connectivity index (χ2n) is 6.69. The lowest BCUT2D eigenvalue weighted by atomic mass is 9.89. The number of aromatic nitrogens is 2. The summed E-state index contributed by atoms with van der Waals surface area (Å²) in [6.07, 6.45) is 8.34. The van der Waals surface area contributed by atoms with Crippen LogP contribution in [0.5, 0.6) is 17.2 Å². The molecule has 0 saturated carbocycles. The third kappa shape index (κ3) is 2.17. The molecule has 2 fully saturated rings. The van der Waals surface area contributed by atoms with Crippen LogP contribution in [0.15, 0.2) is 24.5 Å². The Morgan fingerprint density at radius 2 is 2.25 bits per heavy atom. The van der Waals surface area contributed by atoms with Gasteiger partial charge >= 0.3 is 0 Å². The summed E-state index contributed by atoms with van der Waals surface area (Å²) in [5.74, 6) is 3.56. The Bertz CT molecular complexity index is 772. The van der Waals surface area contributed by atoms with Crippen LogP contribution in [0.1, 0.15) is 19.3 Å². The molecule has 6 heteroatoms. The topological polar surface area (TPSA) is 54.7 Å². The number of fused-ring (bicyclic) bond motifs is 3. The van der Waals surface area contributed by atoms with Gasteiger partial charge in [0.1, 0.15) is 5.82 Å². The van der Waals surface area contributed by atoms with Crippen molar-refractivity contribution in [1.82, 2.24) is 9.55 Å². The van der Waals surface area contributed by atoms with Gasteiger partial charge in [-0.2, -0.15) is 0 Å². The number of imidazole rings is 1. The summed E-state index contributed by atoms with van der Waals surface area (Å²) < 4.78 is 24.7. The maximum absolute atomic E-state index is 5.99. The Balaban J connectivity index is 1.47. The molecule has 6 nitrogen and oxygen atoms in total. The molecule has 0 aliphatic carbocycles. The van der Waals surface area contributed by atoms with Gasteiger partial charge in [0, 0.05) is 30.4 Å². The average molecular weight is 328 g/mol. The highest BCUT2D eigenvalue weighted by Crippen LogP contribution is 2.44. The molecule has 2 bridgehead atoms. The zero-order valence-corrected chi connectivity index (χ0v) is 13.6. The highest BCUT2D eigenvalue weighted by atomic mass is 16.7. The molecule has 2 saturated heterocycles. The predicted molar refractivity (Wildman–Crippen MR) is 86.3 cm³/mol. The van der Waals surface area contributed by atoms with Gasteiger partial charge in [-0.05, 0) is 31.4 Å². The summed E-state index contributed by atoms with van der Waals surface area (Å²) in [5, 5.41) is 0.